The molecule has 1 aliphatic carbocycles. The Labute approximate surface area is 234 Å². The van der Waals surface area contributed by atoms with Crippen LogP contribution in [0.3, 0.4) is 0 Å². The third-order valence-corrected chi connectivity index (χ3v) is 7.51. The van der Waals surface area contributed by atoms with Gasteiger partial charge in [0.15, 0.2) is 6.29 Å². The maximum Gasteiger partial charge on any atom is 0.334 e. The number of nitrogens with two attached hydrogens (primary N) is 1. The Bertz CT molecular complexity index is 1170. The minimum Gasteiger partial charge on any atom is -0.478 e. The monoisotopic (exact) mass is 579 g/mol. The molecule has 2 fully saturated rings. The Kier molecular flexibility index (Phi) is 9.76. The SMILES string of the molecule is CC1C(OC(=O)C=Cc2ccc(OC(=O)CN)cc2)CC2C(C(=O)O)=COC(OC3OC(CO)C(O)C(O)C3O)C21. The topological polar surface area (TPSA) is 225 Å². The van der Waals surface area contributed by atoms with Gasteiger partial charge >= 0.3 is 17.9 Å². The van der Waals surface area contributed by atoms with Gasteiger partial charge in [-0.15, -0.1) is 0 Å². The number of carboxylic acid groups (broad SMARTS) is 1. The molecular formula is C27H33NO13. The summed E-state index contributed by atoms with van der Waals surface area (Å²) in [5.74, 6) is -3.94. The zero-order valence-electron chi connectivity index (χ0n) is 22.0. The summed E-state index contributed by atoms with van der Waals surface area (Å²) < 4.78 is 27.4. The van der Waals surface area contributed by atoms with Gasteiger partial charge in [0.05, 0.1) is 25.0 Å². The zero-order chi connectivity index (χ0) is 29.8. The van der Waals surface area contributed by atoms with Gasteiger partial charge in [-0.3, -0.25) is 4.79 Å². The number of aliphatic hydroxyl groups excluding tert-OH is 4. The van der Waals surface area contributed by atoms with E-state index in [4.69, 9.17) is 29.4 Å². The third kappa shape index (κ3) is 6.76. The lowest BCUT2D eigenvalue weighted by atomic mass is 9.83. The van der Waals surface area contributed by atoms with E-state index in [1.807, 2.05) is 0 Å². The molecule has 10 atom stereocenters. The first kappa shape index (κ1) is 30.6. The summed E-state index contributed by atoms with van der Waals surface area (Å²) in [5, 5.41) is 49.7. The van der Waals surface area contributed by atoms with Gasteiger partial charge in [-0.1, -0.05) is 19.1 Å². The van der Waals surface area contributed by atoms with Crippen molar-refractivity contribution in [3.8, 4) is 5.75 Å². The van der Waals surface area contributed by atoms with Crippen LogP contribution in [0.15, 0.2) is 42.2 Å². The van der Waals surface area contributed by atoms with Crippen molar-refractivity contribution in [2.45, 2.75) is 56.4 Å². The predicted octanol–water partition coefficient (Wildman–Crippen LogP) is -1.11. The van der Waals surface area contributed by atoms with E-state index in [9.17, 15) is 39.9 Å². The summed E-state index contributed by atoms with van der Waals surface area (Å²) >= 11 is 0. The van der Waals surface area contributed by atoms with Crippen LogP contribution in [0.1, 0.15) is 18.9 Å². The number of aliphatic hydroxyl groups is 4. The zero-order valence-corrected chi connectivity index (χ0v) is 22.0. The van der Waals surface area contributed by atoms with Crippen LogP contribution >= 0.6 is 0 Å². The number of fused-ring (bicyclic) bond motifs is 1. The molecule has 4 rings (SSSR count). The van der Waals surface area contributed by atoms with Crippen LogP contribution in [-0.4, -0.2) is 99.7 Å². The summed E-state index contributed by atoms with van der Waals surface area (Å²) in [6, 6.07) is 6.32. The molecule has 3 aliphatic rings. The van der Waals surface area contributed by atoms with Gasteiger partial charge in [-0.2, -0.15) is 0 Å². The number of hydrogen-bond donors (Lipinski definition) is 6. The van der Waals surface area contributed by atoms with E-state index in [0.717, 1.165) is 6.26 Å². The van der Waals surface area contributed by atoms with Crippen molar-refractivity contribution in [1.29, 1.82) is 0 Å². The molecule has 0 amide bonds. The van der Waals surface area contributed by atoms with E-state index in [0.29, 0.717) is 11.3 Å². The minimum absolute atomic E-state index is 0.0416. The van der Waals surface area contributed by atoms with Crippen LogP contribution in [-0.2, 0) is 33.3 Å². The van der Waals surface area contributed by atoms with Crippen LogP contribution in [0, 0.1) is 17.8 Å². The lowest BCUT2D eigenvalue weighted by Crippen LogP contribution is -2.60. The Hall–Kier alpha value is -3.37. The van der Waals surface area contributed by atoms with Gasteiger partial charge in [-0.25, -0.2) is 9.59 Å². The minimum atomic E-state index is -1.68. The number of rotatable bonds is 9. The number of carbonyl (C=O) groups excluding carboxylic acids is 2. The Balaban J connectivity index is 1.43. The molecule has 0 bridgehead atoms. The molecule has 10 unspecified atom stereocenters. The molecule has 224 valence electrons. The third-order valence-electron chi connectivity index (χ3n) is 7.51. The van der Waals surface area contributed by atoms with Crippen LogP contribution in [0.5, 0.6) is 5.75 Å². The number of esters is 2. The molecule has 0 radical (unpaired) electrons. The number of carbonyl (C=O) groups is 3. The second-order valence-electron chi connectivity index (χ2n) is 10.1. The molecule has 7 N–H and O–H groups in total. The molecule has 2 aliphatic heterocycles. The average molecular weight is 580 g/mol. The number of aliphatic carboxylic acids is 1. The van der Waals surface area contributed by atoms with Crippen molar-refractivity contribution >= 4 is 24.0 Å². The Morgan fingerprint density at radius 2 is 1.78 bits per heavy atom. The molecule has 1 aromatic rings. The van der Waals surface area contributed by atoms with E-state index in [1.54, 1.807) is 19.1 Å². The lowest BCUT2D eigenvalue weighted by molar-refractivity contribution is -0.342. The highest BCUT2D eigenvalue weighted by atomic mass is 16.8. The van der Waals surface area contributed by atoms with E-state index in [-0.39, 0.29) is 18.5 Å². The van der Waals surface area contributed by atoms with Gasteiger partial charge in [0.2, 0.25) is 6.29 Å². The first-order valence-electron chi connectivity index (χ1n) is 13.0. The molecule has 1 saturated heterocycles. The number of benzene rings is 1. The van der Waals surface area contributed by atoms with Crippen molar-refractivity contribution in [3.05, 3.63) is 47.7 Å². The first-order chi connectivity index (χ1) is 19.5. The van der Waals surface area contributed by atoms with Crippen LogP contribution in [0.25, 0.3) is 6.08 Å². The van der Waals surface area contributed by atoms with Crippen molar-refractivity contribution < 1.29 is 63.6 Å². The van der Waals surface area contributed by atoms with Gasteiger partial charge in [0.1, 0.15) is 36.3 Å². The van der Waals surface area contributed by atoms with Crippen molar-refractivity contribution in [3.63, 3.8) is 0 Å². The average Bonchev–Trinajstić information content (AvgIpc) is 3.28. The van der Waals surface area contributed by atoms with Gasteiger partial charge in [-0.05, 0) is 30.2 Å². The number of ether oxygens (including phenoxy) is 5. The van der Waals surface area contributed by atoms with E-state index in [2.05, 4.69) is 0 Å². The largest absolute Gasteiger partial charge is 0.478 e. The molecule has 0 aromatic heterocycles. The molecule has 2 heterocycles. The molecule has 14 heteroatoms. The van der Waals surface area contributed by atoms with Gasteiger partial charge in [0.25, 0.3) is 0 Å². The quantitative estimate of drug-likeness (QED) is 0.116. The fraction of sp³-hybridized carbons (Fsp3) is 0.519. The fourth-order valence-corrected chi connectivity index (χ4v) is 5.30. The summed E-state index contributed by atoms with van der Waals surface area (Å²) in [6.45, 7) is 0.829. The smallest absolute Gasteiger partial charge is 0.334 e. The second kappa shape index (κ2) is 13.1. The Morgan fingerprint density at radius 1 is 1.07 bits per heavy atom. The van der Waals surface area contributed by atoms with Crippen molar-refractivity contribution in [1.82, 2.24) is 0 Å². The van der Waals surface area contributed by atoms with E-state index < -0.39 is 85.4 Å². The summed E-state index contributed by atoms with van der Waals surface area (Å²) in [7, 11) is 0. The van der Waals surface area contributed by atoms with Crippen LogP contribution in [0.4, 0.5) is 0 Å². The number of hydrogen-bond acceptors (Lipinski definition) is 13. The van der Waals surface area contributed by atoms with E-state index in [1.165, 1.54) is 24.3 Å². The lowest BCUT2D eigenvalue weighted by Gasteiger charge is -2.43. The highest BCUT2D eigenvalue weighted by Crippen LogP contribution is 2.48. The maximum absolute atomic E-state index is 12.7. The Morgan fingerprint density at radius 3 is 2.41 bits per heavy atom. The van der Waals surface area contributed by atoms with Gasteiger partial charge in [0, 0.05) is 23.8 Å². The fourth-order valence-electron chi connectivity index (χ4n) is 5.30. The molecule has 1 saturated carbocycles. The van der Waals surface area contributed by atoms with Crippen molar-refractivity contribution in [2.24, 2.45) is 23.5 Å². The first-order valence-corrected chi connectivity index (χ1v) is 13.0. The summed E-state index contributed by atoms with van der Waals surface area (Å²) in [5.41, 5.74) is 5.80. The van der Waals surface area contributed by atoms with Gasteiger partial charge < -0.3 is 55.0 Å². The molecule has 0 spiro atoms. The highest BCUT2D eigenvalue weighted by molar-refractivity contribution is 5.88. The standard InChI is InChI=1S/C27H33NO13/c1-12-17(39-19(30)7-4-13-2-5-14(6-3-13)38-20(31)9-28)8-15-16(25(35)36)11-37-26(21(12)15)41-27-24(34)23(33)22(32)18(10-29)40-27/h2-7,11-12,15,17-18,21-24,26-27,29,32-34H,8-10,28H2,1H3,(H,35,36). The molecule has 41 heavy (non-hydrogen) atoms. The molecular weight excluding hydrogens is 546 g/mol. The van der Waals surface area contributed by atoms with Crippen LogP contribution < -0.4 is 10.5 Å². The molecule has 1 aromatic carbocycles. The summed E-state index contributed by atoms with van der Waals surface area (Å²) in [4.78, 5) is 35.8. The normalized spacial score (nSPS) is 34.8. The molecule has 14 nitrogen and oxygen atoms in total. The second-order valence-corrected chi connectivity index (χ2v) is 10.1. The number of carboxylic acids is 1. The van der Waals surface area contributed by atoms with E-state index >= 15 is 0 Å². The summed E-state index contributed by atoms with van der Waals surface area (Å²) in [6.07, 6.45) is -5.63. The van der Waals surface area contributed by atoms with Crippen LogP contribution in [0.2, 0.25) is 0 Å². The van der Waals surface area contributed by atoms with Crippen molar-refractivity contribution in [2.75, 3.05) is 13.2 Å². The maximum atomic E-state index is 12.7. The highest BCUT2D eigenvalue weighted by Gasteiger charge is 2.54. The predicted molar refractivity (Wildman–Crippen MR) is 136 cm³/mol.